The second kappa shape index (κ2) is 15.2. The number of nitrogens with zero attached hydrogens (tertiary/aromatic N) is 3. The maximum Gasteiger partial charge on any atom is 0.249 e. The van der Waals surface area contributed by atoms with Gasteiger partial charge in [-0.1, -0.05) is 79.2 Å². The van der Waals surface area contributed by atoms with Gasteiger partial charge in [-0.05, 0) is 75.3 Å². The fourth-order valence-corrected chi connectivity index (χ4v) is 9.93. The molecule has 0 saturated carbocycles. The van der Waals surface area contributed by atoms with Crippen molar-refractivity contribution in [3.8, 4) is 5.75 Å². The van der Waals surface area contributed by atoms with Crippen LogP contribution in [-0.2, 0) is 25.5 Å². The average molecular weight is 765 g/mol. The van der Waals surface area contributed by atoms with E-state index in [-0.39, 0.29) is 47.7 Å². The Bertz CT molecular complexity index is 1590. The average Bonchev–Trinajstić information content (AvgIpc) is 3.67. The van der Waals surface area contributed by atoms with Crippen LogP contribution in [0.1, 0.15) is 59.9 Å². The largest absolute Gasteiger partial charge is 0.494 e. The summed E-state index contributed by atoms with van der Waals surface area (Å²) in [6.07, 6.45) is 4.11. The van der Waals surface area contributed by atoms with Crippen LogP contribution in [-0.4, -0.2) is 93.1 Å². The zero-order valence-electron chi connectivity index (χ0n) is 30.9. The molecule has 9 nitrogen and oxygen atoms in total. The quantitative estimate of drug-likeness (QED) is 0.172. The summed E-state index contributed by atoms with van der Waals surface area (Å²) >= 11 is 3.83. The highest BCUT2D eigenvalue weighted by Crippen LogP contribution is 2.61. The van der Waals surface area contributed by atoms with Crippen molar-refractivity contribution in [2.45, 2.75) is 95.0 Å². The van der Waals surface area contributed by atoms with Crippen LogP contribution in [0, 0.1) is 17.3 Å². The Kier molecular flexibility index (Phi) is 11.6. The van der Waals surface area contributed by atoms with E-state index in [9.17, 15) is 9.90 Å². The van der Waals surface area contributed by atoms with Gasteiger partial charge in [0.1, 0.15) is 17.4 Å². The summed E-state index contributed by atoms with van der Waals surface area (Å²) in [6, 6.07) is 15.1. The van der Waals surface area contributed by atoms with Crippen molar-refractivity contribution < 1.29 is 29.0 Å². The number of carbonyl (C=O) groups excluding carboxylic acids is 3. The van der Waals surface area contributed by atoms with Crippen molar-refractivity contribution >= 4 is 39.3 Å². The van der Waals surface area contributed by atoms with Crippen LogP contribution in [0.25, 0.3) is 0 Å². The van der Waals surface area contributed by atoms with Crippen molar-refractivity contribution in [2.24, 2.45) is 17.3 Å². The van der Waals surface area contributed by atoms with E-state index in [0.29, 0.717) is 37.3 Å². The van der Waals surface area contributed by atoms with Gasteiger partial charge in [0.05, 0.1) is 37.2 Å². The molecule has 3 amide bonds. The predicted octanol–water partition coefficient (Wildman–Crippen LogP) is 6.19. The molecule has 3 aliphatic rings. The Morgan fingerprint density at radius 1 is 1.06 bits per heavy atom. The van der Waals surface area contributed by atoms with Crippen molar-refractivity contribution in [1.82, 2.24) is 9.80 Å². The van der Waals surface area contributed by atoms with E-state index in [2.05, 4.69) is 49.9 Å². The number of halogens is 1. The fourth-order valence-electron chi connectivity index (χ4n) is 8.99. The molecule has 3 fully saturated rings. The number of anilines is 1. The SMILES string of the molecule is C=CCN(C(=O)[C@H]1[C@@H]2OC3(CC2Br)C(C(=O)N(CC=C)C(C)(C)CC(C)(C)C)N([C@@H](CO)Cc2ccccc2)C(=O)[C@H]13)c1ccc(OCC)cc1. The Hall–Kier alpha value is -3.47. The monoisotopic (exact) mass is 763 g/mol. The van der Waals surface area contributed by atoms with Gasteiger partial charge in [0.25, 0.3) is 0 Å². The lowest BCUT2D eigenvalue weighted by Gasteiger charge is -2.46. The summed E-state index contributed by atoms with van der Waals surface area (Å²) < 4.78 is 12.5. The van der Waals surface area contributed by atoms with E-state index in [1.54, 1.807) is 22.0 Å². The first-order chi connectivity index (χ1) is 24.1. The third-order valence-corrected chi connectivity index (χ3v) is 11.3. The maximum atomic E-state index is 15.3. The van der Waals surface area contributed by atoms with Gasteiger partial charge in [-0.3, -0.25) is 14.4 Å². The first kappa shape index (κ1) is 38.8. The van der Waals surface area contributed by atoms with Gasteiger partial charge in [0, 0.05) is 29.1 Å². The number of amides is 3. The molecular weight excluding hydrogens is 710 g/mol. The Balaban J connectivity index is 1.62. The lowest BCUT2D eigenvalue weighted by molar-refractivity contribution is -0.155. The van der Waals surface area contributed by atoms with E-state index in [1.807, 2.05) is 80.3 Å². The van der Waals surface area contributed by atoms with E-state index < -0.39 is 41.2 Å². The molecule has 5 rings (SSSR count). The maximum absolute atomic E-state index is 15.3. The minimum Gasteiger partial charge on any atom is -0.494 e. The van der Waals surface area contributed by atoms with Crippen molar-refractivity contribution in [3.05, 3.63) is 85.5 Å². The molecule has 276 valence electrons. The topological polar surface area (TPSA) is 99.6 Å². The molecule has 0 aromatic heterocycles. The molecule has 2 aromatic carbocycles. The van der Waals surface area contributed by atoms with Gasteiger partial charge in [0.15, 0.2) is 0 Å². The smallest absolute Gasteiger partial charge is 0.249 e. The molecule has 3 saturated heterocycles. The van der Waals surface area contributed by atoms with Crippen molar-refractivity contribution in [2.75, 3.05) is 31.2 Å². The van der Waals surface area contributed by atoms with Crippen LogP contribution in [0.5, 0.6) is 5.75 Å². The molecule has 1 N–H and O–H groups in total. The molecule has 3 heterocycles. The molecule has 0 radical (unpaired) electrons. The van der Waals surface area contributed by atoms with Crippen LogP contribution in [0.15, 0.2) is 79.9 Å². The normalized spacial score (nSPS) is 26.1. The minimum absolute atomic E-state index is 0.105. The number of aliphatic hydroxyl groups excluding tert-OH is 1. The standard InChI is InChI=1S/C41H54BrN3O6/c1-9-21-43(28-17-19-30(20-18-28)50-11-3)36(47)32-33-37(48)45(29(25-46)23-27-15-13-12-14-16-27)35(41(33)24-31(42)34(32)51-41)38(49)44(22-10-2)40(7,8)26-39(4,5)6/h9-10,12-20,29,31-35,46H,1-2,11,21-26H2,3-8H3/t29-,31?,32-,33+,34-,35?,41?/m1/s1. The highest BCUT2D eigenvalue weighted by atomic mass is 79.9. The molecule has 3 unspecified atom stereocenters. The van der Waals surface area contributed by atoms with Crippen molar-refractivity contribution in [1.29, 1.82) is 0 Å². The van der Waals surface area contributed by atoms with Crippen LogP contribution in [0.4, 0.5) is 5.69 Å². The second-order valence-corrected chi connectivity index (χ2v) is 17.1. The zero-order chi connectivity index (χ0) is 37.3. The van der Waals surface area contributed by atoms with E-state index >= 15 is 9.59 Å². The van der Waals surface area contributed by atoms with E-state index in [1.165, 1.54) is 0 Å². The van der Waals surface area contributed by atoms with E-state index in [0.717, 1.165) is 5.56 Å². The van der Waals surface area contributed by atoms with Gasteiger partial charge in [-0.15, -0.1) is 13.2 Å². The fraction of sp³-hybridized carbons (Fsp3) is 0.537. The molecule has 2 bridgehead atoms. The number of fused-ring (bicyclic) bond motifs is 1. The number of carbonyl (C=O) groups is 3. The number of aliphatic hydroxyl groups is 1. The Labute approximate surface area is 311 Å². The second-order valence-electron chi connectivity index (χ2n) is 15.9. The number of benzene rings is 2. The summed E-state index contributed by atoms with van der Waals surface area (Å²) in [7, 11) is 0. The number of hydrogen-bond acceptors (Lipinski definition) is 6. The number of rotatable bonds is 15. The lowest BCUT2D eigenvalue weighted by atomic mass is 9.69. The first-order valence-corrected chi connectivity index (χ1v) is 18.9. The van der Waals surface area contributed by atoms with Gasteiger partial charge in [-0.2, -0.15) is 0 Å². The molecule has 51 heavy (non-hydrogen) atoms. The number of alkyl halides is 1. The highest BCUT2D eigenvalue weighted by molar-refractivity contribution is 9.09. The van der Waals surface area contributed by atoms with Gasteiger partial charge in [-0.25, -0.2) is 0 Å². The Morgan fingerprint density at radius 2 is 1.71 bits per heavy atom. The van der Waals surface area contributed by atoms with Crippen LogP contribution >= 0.6 is 15.9 Å². The molecule has 0 aliphatic carbocycles. The summed E-state index contributed by atoms with van der Waals surface area (Å²) in [6.45, 7) is 20.9. The van der Waals surface area contributed by atoms with Gasteiger partial charge in [0.2, 0.25) is 17.7 Å². The molecule has 10 heteroatoms. The molecule has 2 aromatic rings. The van der Waals surface area contributed by atoms with E-state index in [4.69, 9.17) is 9.47 Å². The highest BCUT2D eigenvalue weighted by Gasteiger charge is 2.77. The third-order valence-electron chi connectivity index (χ3n) is 10.5. The lowest BCUT2D eigenvalue weighted by Crippen LogP contribution is -2.63. The minimum atomic E-state index is -1.30. The number of hydrogen-bond donors (Lipinski definition) is 1. The summed E-state index contributed by atoms with van der Waals surface area (Å²) in [5.41, 5.74) is -0.459. The molecule has 1 spiro atoms. The summed E-state index contributed by atoms with van der Waals surface area (Å²) in [5.74, 6) is -2.02. The van der Waals surface area contributed by atoms with Crippen LogP contribution in [0.2, 0.25) is 0 Å². The van der Waals surface area contributed by atoms with Crippen LogP contribution in [0.3, 0.4) is 0 Å². The van der Waals surface area contributed by atoms with Gasteiger partial charge >= 0.3 is 0 Å². The molecule has 7 atom stereocenters. The Morgan fingerprint density at radius 3 is 2.27 bits per heavy atom. The molecular formula is C41H54BrN3O6. The van der Waals surface area contributed by atoms with Gasteiger partial charge < -0.3 is 29.3 Å². The summed E-state index contributed by atoms with van der Waals surface area (Å²) in [4.78, 5) is 50.0. The first-order valence-electron chi connectivity index (χ1n) is 18.0. The van der Waals surface area contributed by atoms with Crippen molar-refractivity contribution in [3.63, 3.8) is 0 Å². The molecule has 3 aliphatic heterocycles. The predicted molar refractivity (Wildman–Crippen MR) is 204 cm³/mol. The summed E-state index contributed by atoms with van der Waals surface area (Å²) in [5, 5.41) is 11.0. The number of ether oxygens (including phenoxy) is 2. The third kappa shape index (κ3) is 7.42. The zero-order valence-corrected chi connectivity index (χ0v) is 32.5. The number of likely N-dealkylation sites (tertiary alicyclic amines) is 1. The van der Waals surface area contributed by atoms with Crippen LogP contribution < -0.4 is 9.64 Å².